The molecule has 2 amide bonds. The minimum Gasteiger partial charge on any atom is -0.447 e. The topological polar surface area (TPSA) is 55.8 Å². The van der Waals surface area contributed by atoms with Gasteiger partial charge in [-0.3, -0.25) is 4.79 Å². The summed E-state index contributed by atoms with van der Waals surface area (Å²) >= 11 is 0. The summed E-state index contributed by atoms with van der Waals surface area (Å²) in [5, 5.41) is 0. The molecular formula is C16H17F4NO4. The highest BCUT2D eigenvalue weighted by Gasteiger charge is 2.39. The van der Waals surface area contributed by atoms with Crippen LogP contribution >= 0.6 is 0 Å². The zero-order valence-electron chi connectivity index (χ0n) is 13.6. The third-order valence-corrected chi connectivity index (χ3v) is 3.79. The third kappa shape index (κ3) is 4.83. The van der Waals surface area contributed by atoms with E-state index in [1.807, 2.05) is 13.8 Å². The standard InChI is InChI=1S/C16H17F4NO4/c1-9(2)12-8-24-15(23)21(12)14(22)6-4-10-3-5-13(11(17)7-10)25-16(18,19)20/h3,5,7,9,12H,4,6,8H2,1-2H3/t12-/m0/s1. The van der Waals surface area contributed by atoms with Gasteiger partial charge in [-0.2, -0.15) is 0 Å². The predicted molar refractivity (Wildman–Crippen MR) is 78.2 cm³/mol. The van der Waals surface area contributed by atoms with E-state index in [9.17, 15) is 27.2 Å². The van der Waals surface area contributed by atoms with Crippen LogP contribution in [-0.4, -0.2) is 35.9 Å². The van der Waals surface area contributed by atoms with Gasteiger partial charge in [0.15, 0.2) is 11.6 Å². The summed E-state index contributed by atoms with van der Waals surface area (Å²) in [4.78, 5) is 25.0. The number of imide groups is 1. The highest BCUT2D eigenvalue weighted by atomic mass is 19.4. The number of hydrogen-bond acceptors (Lipinski definition) is 4. The molecule has 0 spiro atoms. The summed E-state index contributed by atoms with van der Waals surface area (Å²) in [6.45, 7) is 3.82. The van der Waals surface area contributed by atoms with Gasteiger partial charge in [0.05, 0.1) is 6.04 Å². The van der Waals surface area contributed by atoms with Crippen molar-refractivity contribution >= 4 is 12.0 Å². The van der Waals surface area contributed by atoms with Crippen LogP contribution in [0.3, 0.4) is 0 Å². The second kappa shape index (κ2) is 7.28. The Balaban J connectivity index is 2.00. The molecule has 138 valence electrons. The van der Waals surface area contributed by atoms with Crippen molar-refractivity contribution in [2.45, 2.75) is 39.1 Å². The Morgan fingerprint density at radius 3 is 2.64 bits per heavy atom. The molecule has 9 heteroatoms. The Hall–Kier alpha value is -2.32. The van der Waals surface area contributed by atoms with Gasteiger partial charge >= 0.3 is 12.5 Å². The van der Waals surface area contributed by atoms with E-state index in [1.54, 1.807) is 0 Å². The van der Waals surface area contributed by atoms with E-state index in [0.29, 0.717) is 5.56 Å². The van der Waals surface area contributed by atoms with E-state index >= 15 is 0 Å². The number of hydrogen-bond donors (Lipinski definition) is 0. The summed E-state index contributed by atoms with van der Waals surface area (Å²) in [6.07, 6.45) is -5.74. The van der Waals surface area contributed by atoms with E-state index in [1.165, 1.54) is 6.07 Å². The number of aryl methyl sites for hydroxylation is 1. The molecule has 5 nitrogen and oxygen atoms in total. The lowest BCUT2D eigenvalue weighted by Gasteiger charge is -2.22. The van der Waals surface area contributed by atoms with Crippen molar-refractivity contribution in [1.29, 1.82) is 0 Å². The molecule has 1 aliphatic rings. The van der Waals surface area contributed by atoms with Gasteiger partial charge in [-0.05, 0) is 30.0 Å². The van der Waals surface area contributed by atoms with E-state index in [2.05, 4.69) is 4.74 Å². The second-order valence-corrected chi connectivity index (χ2v) is 5.96. The molecule has 0 bridgehead atoms. The van der Waals surface area contributed by atoms with Crippen LogP contribution in [0.4, 0.5) is 22.4 Å². The molecule has 0 aromatic heterocycles. The smallest absolute Gasteiger partial charge is 0.447 e. The summed E-state index contributed by atoms with van der Waals surface area (Å²) in [7, 11) is 0. The first kappa shape index (κ1) is 19.0. The number of ether oxygens (including phenoxy) is 2. The van der Waals surface area contributed by atoms with Gasteiger partial charge in [-0.25, -0.2) is 14.1 Å². The maximum absolute atomic E-state index is 13.6. The molecule has 1 saturated heterocycles. The largest absolute Gasteiger partial charge is 0.573 e. The fourth-order valence-electron chi connectivity index (χ4n) is 2.49. The summed E-state index contributed by atoms with van der Waals surface area (Å²) in [6, 6.07) is 2.60. The van der Waals surface area contributed by atoms with E-state index in [-0.39, 0.29) is 31.4 Å². The van der Waals surface area contributed by atoms with Crippen molar-refractivity contribution in [2.24, 2.45) is 5.92 Å². The molecule has 0 N–H and O–H groups in total. The van der Waals surface area contributed by atoms with Gasteiger partial charge < -0.3 is 9.47 Å². The maximum Gasteiger partial charge on any atom is 0.573 e. The van der Waals surface area contributed by atoms with Crippen molar-refractivity contribution in [3.63, 3.8) is 0 Å². The van der Waals surface area contributed by atoms with Crippen LogP contribution in [0.2, 0.25) is 0 Å². The average Bonchev–Trinajstić information content (AvgIpc) is 2.88. The summed E-state index contributed by atoms with van der Waals surface area (Å²) in [5.41, 5.74) is 0.314. The monoisotopic (exact) mass is 363 g/mol. The van der Waals surface area contributed by atoms with E-state index in [0.717, 1.165) is 17.0 Å². The minimum atomic E-state index is -4.99. The lowest BCUT2D eigenvalue weighted by molar-refractivity contribution is -0.275. The molecule has 0 radical (unpaired) electrons. The van der Waals surface area contributed by atoms with Crippen molar-refractivity contribution in [1.82, 2.24) is 4.90 Å². The number of cyclic esters (lactones) is 1. The first-order valence-corrected chi connectivity index (χ1v) is 7.61. The first-order valence-electron chi connectivity index (χ1n) is 7.61. The van der Waals surface area contributed by atoms with Gasteiger partial charge in [0.25, 0.3) is 0 Å². The summed E-state index contributed by atoms with van der Waals surface area (Å²) in [5.74, 6) is -2.57. The average molecular weight is 363 g/mol. The fraction of sp³-hybridized carbons (Fsp3) is 0.500. The van der Waals surface area contributed by atoms with Crippen molar-refractivity contribution in [2.75, 3.05) is 6.61 Å². The van der Waals surface area contributed by atoms with Crippen LogP contribution < -0.4 is 4.74 Å². The number of benzene rings is 1. The first-order chi connectivity index (χ1) is 11.6. The van der Waals surface area contributed by atoms with Crippen molar-refractivity contribution in [3.8, 4) is 5.75 Å². The van der Waals surface area contributed by atoms with Crippen molar-refractivity contribution < 1.29 is 36.6 Å². The SMILES string of the molecule is CC(C)[C@@H]1COC(=O)N1C(=O)CCc1ccc(OC(F)(F)F)c(F)c1. The van der Waals surface area contributed by atoms with Crippen molar-refractivity contribution in [3.05, 3.63) is 29.6 Å². The Labute approximate surface area is 141 Å². The Morgan fingerprint density at radius 2 is 2.08 bits per heavy atom. The molecule has 1 aromatic carbocycles. The van der Waals surface area contributed by atoms with Crippen LogP contribution in [0.15, 0.2) is 18.2 Å². The zero-order valence-corrected chi connectivity index (χ0v) is 13.6. The lowest BCUT2D eigenvalue weighted by atomic mass is 10.0. The quantitative estimate of drug-likeness (QED) is 0.750. The molecule has 1 aliphatic heterocycles. The van der Waals surface area contributed by atoms with Crippen LogP contribution in [0, 0.1) is 11.7 Å². The molecule has 1 aromatic rings. The van der Waals surface area contributed by atoms with Crippen LogP contribution in [0.25, 0.3) is 0 Å². The van der Waals surface area contributed by atoms with Gasteiger partial charge in [0.1, 0.15) is 6.61 Å². The number of alkyl halides is 3. The maximum atomic E-state index is 13.6. The van der Waals surface area contributed by atoms with Gasteiger partial charge in [0, 0.05) is 6.42 Å². The normalized spacial score (nSPS) is 17.8. The Morgan fingerprint density at radius 1 is 1.40 bits per heavy atom. The Kier molecular flexibility index (Phi) is 5.54. The van der Waals surface area contributed by atoms with Gasteiger partial charge in [-0.1, -0.05) is 19.9 Å². The molecule has 1 fully saturated rings. The third-order valence-electron chi connectivity index (χ3n) is 3.79. The number of amides is 2. The molecule has 0 unspecified atom stereocenters. The number of nitrogens with zero attached hydrogens (tertiary/aromatic N) is 1. The highest BCUT2D eigenvalue weighted by Crippen LogP contribution is 2.27. The molecule has 2 rings (SSSR count). The minimum absolute atomic E-state index is 0.0200. The summed E-state index contributed by atoms with van der Waals surface area (Å²) < 4.78 is 58.4. The lowest BCUT2D eigenvalue weighted by Crippen LogP contribution is -2.41. The molecule has 0 saturated carbocycles. The van der Waals surface area contributed by atoms with Gasteiger partial charge in [-0.15, -0.1) is 13.2 Å². The number of halogens is 4. The number of carbonyl (C=O) groups excluding carboxylic acids is 2. The highest BCUT2D eigenvalue weighted by molar-refractivity contribution is 5.93. The number of rotatable bonds is 5. The van der Waals surface area contributed by atoms with Crippen LogP contribution in [0.5, 0.6) is 5.75 Å². The molecule has 1 atom stereocenters. The molecule has 1 heterocycles. The van der Waals surface area contributed by atoms with Crippen LogP contribution in [-0.2, 0) is 16.0 Å². The zero-order chi connectivity index (χ0) is 18.8. The van der Waals surface area contributed by atoms with Crippen LogP contribution in [0.1, 0.15) is 25.8 Å². The van der Waals surface area contributed by atoms with E-state index < -0.39 is 29.9 Å². The fourth-order valence-corrected chi connectivity index (χ4v) is 2.49. The number of carbonyl (C=O) groups is 2. The predicted octanol–water partition coefficient (Wildman–Crippen LogP) is 3.66. The van der Waals surface area contributed by atoms with Gasteiger partial charge in [0.2, 0.25) is 5.91 Å². The Bertz CT molecular complexity index is 660. The molecule has 25 heavy (non-hydrogen) atoms. The second-order valence-electron chi connectivity index (χ2n) is 5.96. The molecular weight excluding hydrogens is 346 g/mol. The molecule has 0 aliphatic carbocycles. The van der Waals surface area contributed by atoms with E-state index in [4.69, 9.17) is 4.74 Å².